The molecule has 0 aromatic heterocycles. The fraction of sp³-hybridized carbons (Fsp3) is 0.982. The normalized spacial score (nSPS) is 54.6. The zero-order valence-electron chi connectivity index (χ0n) is 46.5. The highest BCUT2D eigenvalue weighted by Gasteiger charge is 2.70. The number of carbonyl (C=O) groups is 1. The fourth-order valence-electron chi connectivity index (χ4n) is 15.8. The van der Waals surface area contributed by atoms with E-state index in [1.807, 2.05) is 20.8 Å². The highest BCUT2D eigenvalue weighted by Crippen LogP contribution is 2.67. The average Bonchev–Trinajstić information content (AvgIpc) is 3.98. The summed E-state index contributed by atoms with van der Waals surface area (Å²) in [6.07, 6.45) is -7.00. The van der Waals surface area contributed by atoms with Crippen molar-refractivity contribution in [3.63, 3.8) is 0 Å². The number of rotatable bonds is 15. The van der Waals surface area contributed by atoms with Gasteiger partial charge in [-0.1, -0.05) is 6.92 Å². The Balaban J connectivity index is 0.692. The lowest BCUT2D eigenvalue weighted by Crippen LogP contribution is -2.62. The van der Waals surface area contributed by atoms with Gasteiger partial charge in [0.2, 0.25) is 0 Å². The first-order valence-electron chi connectivity index (χ1n) is 28.5. The van der Waals surface area contributed by atoms with Crippen LogP contribution in [0.1, 0.15) is 126 Å². The number of Topliss-reactive ketones (excluding diaryl/α,β-unsaturated/α-hetero) is 1. The number of fused-ring (bicyclic) bond motifs is 5. The predicted molar refractivity (Wildman–Crippen MR) is 264 cm³/mol. The largest absolute Gasteiger partial charge is 0.394 e. The van der Waals surface area contributed by atoms with Crippen molar-refractivity contribution >= 4 is 5.78 Å². The van der Waals surface area contributed by atoms with Crippen LogP contribution in [0.15, 0.2) is 0 Å². The second-order valence-electron chi connectivity index (χ2n) is 24.4. The molecule has 30 atom stereocenters. The molecular formula is C55H90O21. The van der Waals surface area contributed by atoms with Crippen molar-refractivity contribution in [3.8, 4) is 0 Å². The molecule has 76 heavy (non-hydrogen) atoms. The fourth-order valence-corrected chi connectivity index (χ4v) is 15.8. The van der Waals surface area contributed by atoms with E-state index in [0.29, 0.717) is 37.4 Å². The van der Waals surface area contributed by atoms with Crippen molar-refractivity contribution in [2.75, 3.05) is 35.0 Å². The van der Waals surface area contributed by atoms with Crippen LogP contribution < -0.4 is 0 Å². The maximum atomic E-state index is 13.4. The molecule has 21 nitrogen and oxygen atoms in total. The molecule has 0 radical (unpaired) electrons. The Morgan fingerprint density at radius 1 is 0.539 bits per heavy atom. The van der Waals surface area contributed by atoms with Gasteiger partial charge in [0.1, 0.15) is 54.6 Å². The first kappa shape index (κ1) is 58.1. The number of ether oxygens (including phenoxy) is 16. The number of aliphatic hydroxyl groups excluding tert-OH is 4. The monoisotopic (exact) mass is 1090 g/mol. The molecular weight excluding hydrogens is 997 g/mol. The van der Waals surface area contributed by atoms with Crippen molar-refractivity contribution in [3.05, 3.63) is 0 Å². The lowest BCUT2D eigenvalue weighted by atomic mass is 9.52. The smallest absolute Gasteiger partial charge is 0.187 e. The summed E-state index contributed by atoms with van der Waals surface area (Å²) in [6, 6.07) is 0. The third-order valence-electron chi connectivity index (χ3n) is 20.2. The van der Waals surface area contributed by atoms with Gasteiger partial charge in [-0.15, -0.1) is 0 Å². The zero-order valence-corrected chi connectivity index (χ0v) is 46.5. The van der Waals surface area contributed by atoms with E-state index in [2.05, 4.69) is 20.8 Å². The molecule has 7 heterocycles. The Labute approximate surface area is 448 Å². The van der Waals surface area contributed by atoms with Gasteiger partial charge in [-0.3, -0.25) is 4.79 Å². The first-order chi connectivity index (χ1) is 36.3. The van der Waals surface area contributed by atoms with Crippen LogP contribution >= 0.6 is 0 Å². The lowest BCUT2D eigenvalue weighted by Gasteiger charge is -2.57. The number of ketones is 1. The van der Waals surface area contributed by atoms with E-state index in [0.717, 1.165) is 44.9 Å². The van der Waals surface area contributed by atoms with Gasteiger partial charge in [0.25, 0.3) is 0 Å². The Bertz CT molecular complexity index is 1950. The number of hydrogen-bond acceptors (Lipinski definition) is 21. The van der Waals surface area contributed by atoms with E-state index in [1.165, 1.54) is 7.11 Å². The molecule has 2 bridgehead atoms. The average molecular weight is 1090 g/mol. The summed E-state index contributed by atoms with van der Waals surface area (Å²) in [5, 5.41) is 40.8. The third-order valence-corrected chi connectivity index (χ3v) is 20.2. The second-order valence-corrected chi connectivity index (χ2v) is 24.4. The molecule has 7 aliphatic heterocycles. The van der Waals surface area contributed by atoms with Gasteiger partial charge in [-0.2, -0.15) is 0 Å². The van der Waals surface area contributed by atoms with Crippen LogP contribution in [-0.4, -0.2) is 214 Å². The van der Waals surface area contributed by atoms with E-state index in [1.54, 1.807) is 28.3 Å². The van der Waals surface area contributed by atoms with Gasteiger partial charge in [0.15, 0.2) is 37.2 Å². The van der Waals surface area contributed by atoms with Gasteiger partial charge in [-0.05, 0) is 91.4 Å². The predicted octanol–water partition coefficient (Wildman–Crippen LogP) is 3.42. The molecule has 0 aromatic rings. The van der Waals surface area contributed by atoms with Gasteiger partial charge in [-0.25, -0.2) is 0 Å². The van der Waals surface area contributed by atoms with Crippen molar-refractivity contribution in [2.24, 2.45) is 28.6 Å². The molecule has 3 saturated carbocycles. The maximum Gasteiger partial charge on any atom is 0.187 e. The highest BCUT2D eigenvalue weighted by molar-refractivity contribution is 5.88. The van der Waals surface area contributed by atoms with Gasteiger partial charge in [0.05, 0.1) is 79.2 Å². The van der Waals surface area contributed by atoms with Crippen LogP contribution in [0.4, 0.5) is 0 Å². The minimum atomic E-state index is -1.59. The van der Waals surface area contributed by atoms with Gasteiger partial charge >= 0.3 is 0 Å². The molecule has 3 aliphatic carbocycles. The quantitative estimate of drug-likeness (QED) is 0.172. The van der Waals surface area contributed by atoms with Gasteiger partial charge in [0, 0.05) is 78.8 Å². The van der Waals surface area contributed by atoms with Crippen molar-refractivity contribution in [1.29, 1.82) is 0 Å². The molecule has 0 amide bonds. The summed E-state index contributed by atoms with van der Waals surface area (Å²) in [5.74, 6) is 0.623. The van der Waals surface area contributed by atoms with E-state index in [4.69, 9.17) is 75.8 Å². The Kier molecular flexibility index (Phi) is 17.8. The van der Waals surface area contributed by atoms with E-state index >= 15 is 0 Å². The summed E-state index contributed by atoms with van der Waals surface area (Å²) in [6.45, 7) is 13.8. The summed E-state index contributed by atoms with van der Waals surface area (Å²) >= 11 is 0. The summed E-state index contributed by atoms with van der Waals surface area (Å²) in [4.78, 5) is 13.4. The van der Waals surface area contributed by atoms with Crippen molar-refractivity contribution in [1.82, 2.24) is 0 Å². The zero-order chi connectivity index (χ0) is 54.2. The van der Waals surface area contributed by atoms with Crippen LogP contribution in [0.2, 0.25) is 0 Å². The van der Waals surface area contributed by atoms with Crippen LogP contribution in [0.5, 0.6) is 0 Å². The molecule has 21 heteroatoms. The first-order valence-corrected chi connectivity index (χ1v) is 28.5. The van der Waals surface area contributed by atoms with E-state index < -0.39 is 135 Å². The Morgan fingerprint density at radius 2 is 1.03 bits per heavy atom. The number of hydrogen-bond donors (Lipinski definition) is 4. The molecule has 0 aromatic carbocycles. The van der Waals surface area contributed by atoms with Crippen molar-refractivity contribution < 1.29 is 101 Å². The molecule has 3 unspecified atom stereocenters. The van der Waals surface area contributed by atoms with E-state index in [9.17, 15) is 25.2 Å². The second kappa shape index (κ2) is 23.3. The Hall–Kier alpha value is -1.13. The maximum absolute atomic E-state index is 13.4. The number of carbonyl (C=O) groups excluding carboxylic acids is 1. The standard InChI is InChI=1S/C55H90O21/c1-25-32-12-13-39(57)54(32,7)40-23-38-53(6)16-15-31(18-30(53)14-17-55(38,75-25)76-40)69-41-19-33(61-8)48(26(2)65-41)71-42-20-34(62-9)49(27(3)66-42)72-43-21-35(63-10)50(28(4)67-43)73-44-22-36(64-11)51(29(5)68-44)74-52-47(60)46(59)45(58)37(24-56)70-52/h25-38,40-52,56,58-60H,12-24H2,1-11H3/t25?,26-,27-,28-,29-,30?,31+,32-,33-,34+,35-,36-,37-,38-,40?,41+,42+,43+,44+,45-,46+,47-,48-,49-,50-,51-,52+,53+,54-,55+/m1/s1. The minimum absolute atomic E-state index is 0.00865. The molecule has 10 aliphatic rings. The van der Waals surface area contributed by atoms with Crippen LogP contribution in [0, 0.1) is 28.6 Å². The lowest BCUT2D eigenvalue weighted by molar-refractivity contribution is -0.359. The Morgan fingerprint density at radius 3 is 1.51 bits per heavy atom. The van der Waals surface area contributed by atoms with Crippen LogP contribution in [-0.2, 0) is 80.6 Å². The summed E-state index contributed by atoms with van der Waals surface area (Å²) in [7, 11) is 6.50. The molecule has 1 spiro atoms. The molecule has 10 fully saturated rings. The number of methoxy groups -OCH3 is 4. The van der Waals surface area contributed by atoms with Crippen LogP contribution in [0.25, 0.3) is 0 Å². The third kappa shape index (κ3) is 10.7. The van der Waals surface area contributed by atoms with E-state index in [-0.39, 0.29) is 54.2 Å². The van der Waals surface area contributed by atoms with Gasteiger partial charge < -0.3 is 96.2 Å². The molecule has 4 N–H and O–H groups in total. The van der Waals surface area contributed by atoms with Crippen molar-refractivity contribution in [2.45, 2.75) is 279 Å². The minimum Gasteiger partial charge on any atom is -0.394 e. The number of aliphatic hydroxyl groups is 4. The molecule has 10 rings (SSSR count). The van der Waals surface area contributed by atoms with Crippen LogP contribution in [0.3, 0.4) is 0 Å². The topological polar surface area (TPSA) is 246 Å². The molecule has 436 valence electrons. The summed E-state index contributed by atoms with van der Waals surface area (Å²) < 4.78 is 102. The molecule has 7 saturated heterocycles. The highest BCUT2D eigenvalue weighted by atomic mass is 16.8. The summed E-state index contributed by atoms with van der Waals surface area (Å²) in [5.41, 5.74) is -0.454. The SMILES string of the molecule is CO[C@H]1C[C@H](O[C@@H]2[C@@H](C)O[C@@H](O[C@H]3CC[C@@]4(C)C(CC[C@@]56OC(C)[C@H]7CCC(=O)[C@]7(C)C(C[C@@H]54)O6)C3)C[C@H]2OC)O[C@H](C)[C@H]1O[C@H]1C[C@@H](OC)[C@H](O[C@H]2C[C@@H](OC)[C@H](O[C@@H]3O[C@H](CO)[C@@H](O)[C@H](O)[C@H]3O)[C@@H](C)O2)[C@@H](C)O1.